The number of carbonyl (C=O) groups is 2. The zero-order valence-electron chi connectivity index (χ0n) is 10.7. The number of aryl methyl sites for hydroxylation is 1. The predicted molar refractivity (Wildman–Crippen MR) is 72.3 cm³/mol. The molecule has 0 unspecified atom stereocenters. The number of carbonyl (C=O) groups excluding carboxylic acids is 1. The molecule has 0 aromatic carbocycles. The van der Waals surface area contributed by atoms with Crippen LogP contribution in [0.15, 0.2) is 41.0 Å². The average molecular weight is 272 g/mol. The molecule has 2 aromatic rings. The van der Waals surface area contributed by atoms with E-state index in [1.54, 1.807) is 25.1 Å². The van der Waals surface area contributed by atoms with Crippen LogP contribution in [0.5, 0.6) is 0 Å². The van der Waals surface area contributed by atoms with Crippen molar-refractivity contribution in [2.75, 3.05) is 5.32 Å². The monoisotopic (exact) mass is 272 g/mol. The van der Waals surface area contributed by atoms with Gasteiger partial charge < -0.3 is 14.8 Å². The van der Waals surface area contributed by atoms with Crippen LogP contribution in [0.2, 0.25) is 0 Å². The molecule has 0 spiro atoms. The van der Waals surface area contributed by atoms with Crippen LogP contribution < -0.4 is 5.32 Å². The summed E-state index contributed by atoms with van der Waals surface area (Å²) in [6.07, 6.45) is 4.11. The fourth-order valence-corrected chi connectivity index (χ4v) is 1.55. The lowest BCUT2D eigenvalue weighted by Crippen LogP contribution is -2.13. The van der Waals surface area contributed by atoms with Gasteiger partial charge in [-0.2, -0.15) is 0 Å². The van der Waals surface area contributed by atoms with Crippen molar-refractivity contribution in [3.63, 3.8) is 0 Å². The second-order valence-electron chi connectivity index (χ2n) is 3.98. The summed E-state index contributed by atoms with van der Waals surface area (Å²) in [4.78, 5) is 26.3. The number of aromatic nitrogens is 1. The van der Waals surface area contributed by atoms with E-state index >= 15 is 0 Å². The first-order chi connectivity index (χ1) is 9.56. The standard InChI is InChI=1S/C14H12N2O4/c1-9-4-5-10(20-9)6-7-12(17)16-11-3-2-8-15-13(11)14(18)19/h2-8H,1H3,(H,16,17)(H,18,19)/b7-6+. The molecule has 0 saturated carbocycles. The Hall–Kier alpha value is -2.89. The highest BCUT2D eigenvalue weighted by molar-refractivity contribution is 6.05. The normalized spacial score (nSPS) is 10.7. The topological polar surface area (TPSA) is 92.4 Å². The Balaban J connectivity index is 2.09. The SMILES string of the molecule is Cc1ccc(/C=C/C(=O)Nc2cccnc2C(=O)O)o1. The molecular weight excluding hydrogens is 260 g/mol. The van der Waals surface area contributed by atoms with Gasteiger partial charge in [-0.05, 0) is 37.3 Å². The first-order valence-electron chi connectivity index (χ1n) is 5.80. The van der Waals surface area contributed by atoms with E-state index < -0.39 is 11.9 Å². The molecule has 2 N–H and O–H groups in total. The Morgan fingerprint density at radius 3 is 2.80 bits per heavy atom. The van der Waals surface area contributed by atoms with Gasteiger partial charge in [0.15, 0.2) is 5.69 Å². The molecule has 0 saturated heterocycles. The molecule has 20 heavy (non-hydrogen) atoms. The van der Waals surface area contributed by atoms with Crippen molar-refractivity contribution < 1.29 is 19.1 Å². The van der Waals surface area contributed by atoms with Crippen molar-refractivity contribution in [3.8, 4) is 0 Å². The summed E-state index contributed by atoms with van der Waals surface area (Å²) in [7, 11) is 0. The summed E-state index contributed by atoms with van der Waals surface area (Å²) in [5.41, 5.74) is -0.0617. The van der Waals surface area contributed by atoms with Crippen molar-refractivity contribution >= 4 is 23.6 Å². The molecule has 6 nitrogen and oxygen atoms in total. The number of hydrogen-bond donors (Lipinski definition) is 2. The third-order valence-electron chi connectivity index (χ3n) is 2.43. The molecule has 0 radical (unpaired) electrons. The van der Waals surface area contributed by atoms with E-state index in [0.717, 1.165) is 5.76 Å². The highest BCUT2D eigenvalue weighted by Gasteiger charge is 2.12. The first kappa shape index (κ1) is 13.5. The van der Waals surface area contributed by atoms with Gasteiger partial charge in [0.25, 0.3) is 0 Å². The second kappa shape index (κ2) is 5.83. The number of amides is 1. The predicted octanol–water partition coefficient (Wildman–Crippen LogP) is 2.33. The van der Waals surface area contributed by atoms with Gasteiger partial charge in [0, 0.05) is 12.3 Å². The van der Waals surface area contributed by atoms with Crippen LogP contribution in [0.3, 0.4) is 0 Å². The van der Waals surface area contributed by atoms with Crippen LogP contribution in [0.25, 0.3) is 6.08 Å². The molecule has 1 amide bonds. The summed E-state index contributed by atoms with van der Waals surface area (Å²) in [6, 6.07) is 6.52. The molecule has 102 valence electrons. The first-order valence-corrected chi connectivity index (χ1v) is 5.80. The lowest BCUT2D eigenvalue weighted by atomic mass is 10.3. The number of nitrogens with zero attached hydrogens (tertiary/aromatic N) is 1. The largest absolute Gasteiger partial charge is 0.476 e. The third kappa shape index (κ3) is 3.32. The molecule has 0 fully saturated rings. The van der Waals surface area contributed by atoms with Crippen LogP contribution in [-0.2, 0) is 4.79 Å². The Bertz CT molecular complexity index is 673. The van der Waals surface area contributed by atoms with E-state index in [1.165, 1.54) is 24.4 Å². The van der Waals surface area contributed by atoms with Gasteiger partial charge in [0.2, 0.25) is 5.91 Å². The van der Waals surface area contributed by atoms with E-state index in [0.29, 0.717) is 5.76 Å². The maximum Gasteiger partial charge on any atom is 0.356 e. The Morgan fingerprint density at radius 1 is 1.35 bits per heavy atom. The van der Waals surface area contributed by atoms with E-state index in [9.17, 15) is 9.59 Å². The fourth-order valence-electron chi connectivity index (χ4n) is 1.55. The van der Waals surface area contributed by atoms with Gasteiger partial charge in [0.1, 0.15) is 11.5 Å². The number of rotatable bonds is 4. The number of anilines is 1. The number of aromatic carboxylic acids is 1. The molecule has 2 rings (SSSR count). The number of furan rings is 1. The summed E-state index contributed by atoms with van der Waals surface area (Å²) in [6.45, 7) is 1.80. The maximum absolute atomic E-state index is 11.7. The van der Waals surface area contributed by atoms with E-state index in [1.807, 2.05) is 0 Å². The summed E-state index contributed by atoms with van der Waals surface area (Å²) in [5, 5.41) is 11.4. The minimum atomic E-state index is -1.20. The van der Waals surface area contributed by atoms with Crippen LogP contribution in [0.1, 0.15) is 22.0 Å². The lowest BCUT2D eigenvalue weighted by molar-refractivity contribution is -0.111. The molecule has 0 atom stereocenters. The minimum absolute atomic E-state index is 0.144. The molecule has 6 heteroatoms. The van der Waals surface area contributed by atoms with Crippen LogP contribution in [0.4, 0.5) is 5.69 Å². The van der Waals surface area contributed by atoms with Crippen LogP contribution in [0, 0.1) is 6.92 Å². The van der Waals surface area contributed by atoms with Crippen molar-refractivity contribution in [1.82, 2.24) is 4.98 Å². The zero-order valence-corrected chi connectivity index (χ0v) is 10.7. The van der Waals surface area contributed by atoms with Gasteiger partial charge >= 0.3 is 5.97 Å². The molecular formula is C14H12N2O4. The van der Waals surface area contributed by atoms with E-state index in [4.69, 9.17) is 9.52 Å². The van der Waals surface area contributed by atoms with E-state index in [2.05, 4.69) is 10.3 Å². The molecule has 2 aromatic heterocycles. The van der Waals surface area contributed by atoms with Gasteiger partial charge in [0.05, 0.1) is 5.69 Å². The van der Waals surface area contributed by atoms with Crippen molar-refractivity contribution in [3.05, 3.63) is 53.8 Å². The molecule has 0 bridgehead atoms. The van der Waals surface area contributed by atoms with Gasteiger partial charge in [-0.25, -0.2) is 9.78 Å². The third-order valence-corrected chi connectivity index (χ3v) is 2.43. The van der Waals surface area contributed by atoms with Gasteiger partial charge in [-0.15, -0.1) is 0 Å². The number of nitrogens with one attached hydrogen (secondary N) is 1. The smallest absolute Gasteiger partial charge is 0.356 e. The minimum Gasteiger partial charge on any atom is -0.476 e. The zero-order chi connectivity index (χ0) is 14.5. The number of carboxylic acids is 1. The highest BCUT2D eigenvalue weighted by Crippen LogP contribution is 2.12. The molecule has 0 aliphatic heterocycles. The second-order valence-corrected chi connectivity index (χ2v) is 3.98. The van der Waals surface area contributed by atoms with E-state index in [-0.39, 0.29) is 11.4 Å². The Labute approximate surface area is 114 Å². The number of pyridine rings is 1. The lowest BCUT2D eigenvalue weighted by Gasteiger charge is -2.04. The Morgan fingerprint density at radius 2 is 2.15 bits per heavy atom. The molecule has 0 aliphatic carbocycles. The fraction of sp³-hybridized carbons (Fsp3) is 0.0714. The van der Waals surface area contributed by atoms with Crippen molar-refractivity contribution in [2.24, 2.45) is 0 Å². The Kier molecular flexibility index (Phi) is 3.95. The summed E-state index contributed by atoms with van der Waals surface area (Å²) in [5.74, 6) is -0.381. The van der Waals surface area contributed by atoms with Crippen molar-refractivity contribution in [2.45, 2.75) is 6.92 Å². The maximum atomic E-state index is 11.7. The van der Waals surface area contributed by atoms with Gasteiger partial charge in [-0.3, -0.25) is 4.79 Å². The summed E-state index contributed by atoms with van der Waals surface area (Å²) >= 11 is 0. The summed E-state index contributed by atoms with van der Waals surface area (Å²) < 4.78 is 5.27. The molecule has 2 heterocycles. The molecule has 0 aliphatic rings. The van der Waals surface area contributed by atoms with Crippen LogP contribution in [-0.4, -0.2) is 22.0 Å². The van der Waals surface area contributed by atoms with Crippen molar-refractivity contribution in [1.29, 1.82) is 0 Å². The highest BCUT2D eigenvalue weighted by atomic mass is 16.4. The van der Waals surface area contributed by atoms with Gasteiger partial charge in [-0.1, -0.05) is 0 Å². The number of hydrogen-bond acceptors (Lipinski definition) is 4. The van der Waals surface area contributed by atoms with Crippen LogP contribution >= 0.6 is 0 Å². The quantitative estimate of drug-likeness (QED) is 0.833. The number of carboxylic acid groups (broad SMARTS) is 1. The average Bonchev–Trinajstić information content (AvgIpc) is 2.83.